The summed E-state index contributed by atoms with van der Waals surface area (Å²) in [6.07, 6.45) is 1.60. The fourth-order valence-electron chi connectivity index (χ4n) is 2.96. The van der Waals surface area contributed by atoms with E-state index in [2.05, 4.69) is 32.7 Å². The van der Waals surface area contributed by atoms with Crippen molar-refractivity contribution in [3.8, 4) is 0 Å². The molecule has 0 spiro atoms. The number of piperazine rings is 1. The van der Waals surface area contributed by atoms with Crippen LogP contribution >= 0.6 is 0 Å². The quantitative estimate of drug-likeness (QED) is 0.847. The first-order valence-electron chi connectivity index (χ1n) is 9.15. The smallest absolute Gasteiger partial charge is 0.318 e. The summed E-state index contributed by atoms with van der Waals surface area (Å²) in [7, 11) is 0. The zero-order valence-corrected chi connectivity index (χ0v) is 15.5. The number of nitrogens with zero attached hydrogens (tertiary/aromatic N) is 3. The van der Waals surface area contributed by atoms with Crippen LogP contribution in [0.5, 0.6) is 0 Å². The zero-order valence-electron chi connectivity index (χ0n) is 15.5. The Morgan fingerprint density at radius 3 is 2.41 bits per heavy atom. The molecule has 1 aliphatic heterocycles. The Labute approximate surface area is 159 Å². The van der Waals surface area contributed by atoms with Crippen LogP contribution in [-0.2, 0) is 11.3 Å². The van der Waals surface area contributed by atoms with Crippen LogP contribution in [-0.4, -0.2) is 58.9 Å². The lowest BCUT2D eigenvalue weighted by Crippen LogP contribution is -2.54. The van der Waals surface area contributed by atoms with Crippen molar-refractivity contribution in [1.29, 1.82) is 0 Å². The van der Waals surface area contributed by atoms with Crippen molar-refractivity contribution in [2.45, 2.75) is 19.5 Å². The number of nitrogens with one attached hydrogen (secondary N) is 2. The number of anilines is 1. The number of carbonyl (C=O) groups excluding carboxylic acids is 2. The lowest BCUT2D eigenvalue weighted by atomic mass is 10.2. The number of hydrogen-bond donors (Lipinski definition) is 2. The molecule has 7 nitrogen and oxygen atoms in total. The Balaban J connectivity index is 1.43. The fraction of sp³-hybridized carbons (Fsp3) is 0.350. The van der Waals surface area contributed by atoms with Gasteiger partial charge >= 0.3 is 6.03 Å². The molecule has 1 fully saturated rings. The minimum atomic E-state index is -0.637. The van der Waals surface area contributed by atoms with Gasteiger partial charge < -0.3 is 15.5 Å². The van der Waals surface area contributed by atoms with Gasteiger partial charge in [-0.1, -0.05) is 36.4 Å². The monoisotopic (exact) mass is 367 g/mol. The first kappa shape index (κ1) is 18.8. The molecule has 0 saturated carbocycles. The highest BCUT2D eigenvalue weighted by molar-refractivity contribution is 5.96. The highest BCUT2D eigenvalue weighted by Crippen LogP contribution is 2.09. The summed E-state index contributed by atoms with van der Waals surface area (Å²) in [4.78, 5) is 32.8. The highest BCUT2D eigenvalue weighted by atomic mass is 16.2. The molecule has 1 aromatic carbocycles. The van der Waals surface area contributed by atoms with Crippen molar-refractivity contribution in [3.05, 3.63) is 60.3 Å². The number of pyridine rings is 1. The molecule has 1 aliphatic rings. The van der Waals surface area contributed by atoms with Crippen molar-refractivity contribution >= 4 is 17.8 Å². The van der Waals surface area contributed by atoms with Crippen molar-refractivity contribution < 1.29 is 9.59 Å². The predicted molar refractivity (Wildman–Crippen MR) is 104 cm³/mol. The van der Waals surface area contributed by atoms with E-state index in [0.29, 0.717) is 18.9 Å². The molecule has 2 N–H and O–H groups in total. The second-order valence-electron chi connectivity index (χ2n) is 6.62. The van der Waals surface area contributed by atoms with Gasteiger partial charge in [0.15, 0.2) is 0 Å². The van der Waals surface area contributed by atoms with E-state index in [0.717, 1.165) is 19.6 Å². The third-order valence-corrected chi connectivity index (χ3v) is 4.56. The third kappa shape index (κ3) is 5.52. The van der Waals surface area contributed by atoms with Gasteiger partial charge in [0.05, 0.1) is 0 Å². The van der Waals surface area contributed by atoms with E-state index in [1.807, 2.05) is 18.2 Å². The molecule has 1 saturated heterocycles. The molecular formula is C20H25N5O2. The molecule has 142 valence electrons. The van der Waals surface area contributed by atoms with E-state index in [4.69, 9.17) is 0 Å². The average molecular weight is 367 g/mol. The maximum Gasteiger partial charge on any atom is 0.318 e. The van der Waals surface area contributed by atoms with E-state index < -0.39 is 6.04 Å². The summed E-state index contributed by atoms with van der Waals surface area (Å²) in [6, 6.07) is 14.7. The topological polar surface area (TPSA) is 77.6 Å². The summed E-state index contributed by atoms with van der Waals surface area (Å²) in [5, 5.41) is 5.46. The molecule has 2 aromatic rings. The first-order valence-corrected chi connectivity index (χ1v) is 9.15. The van der Waals surface area contributed by atoms with Gasteiger partial charge in [0.2, 0.25) is 5.91 Å². The molecule has 2 heterocycles. The summed E-state index contributed by atoms with van der Waals surface area (Å²) in [6.45, 7) is 5.48. The SMILES string of the molecule is C[C@@H](NC(=O)N1CCN(Cc2ccccc2)CC1)C(=O)Nc1ccccn1. The molecule has 27 heavy (non-hydrogen) atoms. The minimum absolute atomic E-state index is 0.210. The van der Waals surface area contributed by atoms with Crippen LogP contribution in [0.4, 0.5) is 10.6 Å². The number of benzene rings is 1. The molecule has 1 atom stereocenters. The van der Waals surface area contributed by atoms with Gasteiger partial charge in [-0.15, -0.1) is 0 Å². The Hall–Kier alpha value is -2.93. The molecule has 3 amide bonds. The fourth-order valence-corrected chi connectivity index (χ4v) is 2.96. The number of rotatable bonds is 5. The second-order valence-corrected chi connectivity index (χ2v) is 6.62. The molecule has 0 bridgehead atoms. The van der Waals surface area contributed by atoms with Crippen LogP contribution in [0.3, 0.4) is 0 Å². The lowest BCUT2D eigenvalue weighted by Gasteiger charge is -2.35. The van der Waals surface area contributed by atoms with Gasteiger partial charge in [0.1, 0.15) is 11.9 Å². The van der Waals surface area contributed by atoms with Gasteiger partial charge in [0, 0.05) is 38.9 Å². The second kappa shape index (κ2) is 9.14. The molecule has 3 rings (SSSR count). The zero-order chi connectivity index (χ0) is 19.1. The molecular weight excluding hydrogens is 342 g/mol. The van der Waals surface area contributed by atoms with Crippen LogP contribution in [0, 0.1) is 0 Å². The van der Waals surface area contributed by atoms with Crippen LogP contribution in [0.15, 0.2) is 54.7 Å². The lowest BCUT2D eigenvalue weighted by molar-refractivity contribution is -0.117. The molecule has 0 radical (unpaired) electrons. The van der Waals surface area contributed by atoms with Crippen LogP contribution in [0.2, 0.25) is 0 Å². The maximum absolute atomic E-state index is 12.4. The molecule has 1 aromatic heterocycles. The van der Waals surface area contributed by atoms with Crippen LogP contribution < -0.4 is 10.6 Å². The van der Waals surface area contributed by atoms with Crippen molar-refractivity contribution in [3.63, 3.8) is 0 Å². The van der Waals surface area contributed by atoms with E-state index in [-0.39, 0.29) is 11.9 Å². The van der Waals surface area contributed by atoms with Gasteiger partial charge in [0.25, 0.3) is 0 Å². The maximum atomic E-state index is 12.4. The van der Waals surface area contributed by atoms with Gasteiger partial charge in [-0.25, -0.2) is 9.78 Å². The van der Waals surface area contributed by atoms with Gasteiger partial charge in [-0.2, -0.15) is 0 Å². The van der Waals surface area contributed by atoms with Crippen molar-refractivity contribution in [1.82, 2.24) is 20.1 Å². The first-order chi connectivity index (χ1) is 13.1. The average Bonchev–Trinajstić information content (AvgIpc) is 2.70. The Bertz CT molecular complexity index is 745. The highest BCUT2D eigenvalue weighted by Gasteiger charge is 2.24. The summed E-state index contributed by atoms with van der Waals surface area (Å²) >= 11 is 0. The Morgan fingerprint density at radius 1 is 1.04 bits per heavy atom. The van der Waals surface area contributed by atoms with Crippen LogP contribution in [0.25, 0.3) is 0 Å². The summed E-state index contributed by atoms with van der Waals surface area (Å²) in [5.74, 6) is 0.183. The Morgan fingerprint density at radius 2 is 1.74 bits per heavy atom. The van der Waals surface area contributed by atoms with Gasteiger partial charge in [-0.3, -0.25) is 9.69 Å². The number of aromatic nitrogens is 1. The van der Waals surface area contributed by atoms with E-state index >= 15 is 0 Å². The molecule has 7 heteroatoms. The molecule has 0 unspecified atom stereocenters. The van der Waals surface area contributed by atoms with E-state index in [1.165, 1.54) is 5.56 Å². The summed E-state index contributed by atoms with van der Waals surface area (Å²) in [5.41, 5.74) is 1.27. The number of carbonyl (C=O) groups is 2. The predicted octanol–water partition coefficient (Wildman–Crippen LogP) is 1.94. The number of amides is 3. The standard InChI is InChI=1S/C20H25N5O2/c1-16(19(26)23-18-9-5-6-10-21-18)22-20(27)25-13-11-24(12-14-25)15-17-7-3-2-4-8-17/h2-10,16H,11-15H2,1H3,(H,22,27)(H,21,23,26)/t16-/m1/s1. The normalized spacial score (nSPS) is 15.8. The third-order valence-electron chi connectivity index (χ3n) is 4.56. The van der Waals surface area contributed by atoms with E-state index in [9.17, 15) is 9.59 Å². The summed E-state index contributed by atoms with van der Waals surface area (Å²) < 4.78 is 0. The minimum Gasteiger partial charge on any atom is -0.326 e. The largest absolute Gasteiger partial charge is 0.326 e. The van der Waals surface area contributed by atoms with Crippen molar-refractivity contribution in [2.24, 2.45) is 0 Å². The van der Waals surface area contributed by atoms with Crippen molar-refractivity contribution in [2.75, 3.05) is 31.5 Å². The number of urea groups is 1. The Kier molecular flexibility index (Phi) is 6.38. The van der Waals surface area contributed by atoms with Crippen LogP contribution in [0.1, 0.15) is 12.5 Å². The van der Waals surface area contributed by atoms with Gasteiger partial charge in [-0.05, 0) is 24.6 Å². The molecule has 0 aliphatic carbocycles. The number of hydrogen-bond acceptors (Lipinski definition) is 4. The van der Waals surface area contributed by atoms with E-state index in [1.54, 1.807) is 36.2 Å².